The maximum absolute atomic E-state index is 13.2. The first-order valence-electron chi connectivity index (χ1n) is 4.75. The molecule has 0 radical (unpaired) electrons. The molecule has 0 amide bonds. The van der Waals surface area contributed by atoms with E-state index in [9.17, 15) is 30.4 Å². The highest BCUT2D eigenvalue weighted by molar-refractivity contribution is 8.13. The fourth-order valence-electron chi connectivity index (χ4n) is 1.25. The van der Waals surface area contributed by atoms with Crippen molar-refractivity contribution in [2.24, 2.45) is 0 Å². The van der Waals surface area contributed by atoms with Gasteiger partial charge in [0.05, 0.1) is 0 Å². The van der Waals surface area contributed by atoms with E-state index >= 15 is 0 Å². The Balaban J connectivity index is 3.51. The smallest absolute Gasteiger partial charge is 0.295 e. The summed E-state index contributed by atoms with van der Waals surface area (Å²) in [6.07, 6.45) is -5.84. The first kappa shape index (κ1) is 16.1. The van der Waals surface area contributed by atoms with Crippen LogP contribution in [0.15, 0.2) is 5.16 Å². The van der Waals surface area contributed by atoms with Crippen LogP contribution in [0.5, 0.6) is 0 Å². The molecule has 0 saturated heterocycles. The minimum Gasteiger partial charge on any atom is -0.295 e. The Morgan fingerprint density at radius 1 is 1.21 bits per heavy atom. The molecule has 1 aromatic heterocycles. The zero-order valence-electron chi connectivity index (χ0n) is 9.25. The summed E-state index contributed by atoms with van der Waals surface area (Å²) in [6.45, 7) is 0.995. The lowest BCUT2D eigenvalue weighted by Gasteiger charge is -2.19. The van der Waals surface area contributed by atoms with Crippen LogP contribution in [0.3, 0.4) is 0 Å². The fraction of sp³-hybridized carbons (Fsp3) is 0.714. The summed E-state index contributed by atoms with van der Waals surface area (Å²) in [6, 6.07) is 0. The highest BCUT2D eigenvalue weighted by atomic mass is 35.7. The van der Waals surface area contributed by atoms with Gasteiger partial charge in [-0.3, -0.25) is 4.57 Å². The number of alkyl halides is 5. The molecule has 1 rings (SSSR count). The Hall–Kier alpha value is -0.970. The van der Waals surface area contributed by atoms with Gasteiger partial charge in [-0.25, -0.2) is 8.42 Å². The summed E-state index contributed by atoms with van der Waals surface area (Å²) in [7, 11) is 0.320. The Kier molecular flexibility index (Phi) is 4.11. The average Bonchev–Trinajstić information content (AvgIpc) is 2.60. The number of hydrogen-bond donors (Lipinski definition) is 0. The van der Waals surface area contributed by atoms with Crippen LogP contribution in [-0.4, -0.2) is 29.4 Å². The van der Waals surface area contributed by atoms with Gasteiger partial charge in [-0.15, -0.1) is 10.2 Å². The van der Waals surface area contributed by atoms with Gasteiger partial charge in [0.1, 0.15) is 0 Å². The molecule has 0 aliphatic rings. The third-order valence-corrected chi connectivity index (χ3v) is 3.17. The molecule has 12 heteroatoms. The highest BCUT2D eigenvalue weighted by Crippen LogP contribution is 2.43. The molecule has 0 aliphatic carbocycles. The third kappa shape index (κ3) is 2.96. The van der Waals surface area contributed by atoms with Gasteiger partial charge >= 0.3 is 12.1 Å². The molecular weight excluding hydrogens is 321 g/mol. The summed E-state index contributed by atoms with van der Waals surface area (Å²) in [5.74, 6) is -7.13. The van der Waals surface area contributed by atoms with E-state index in [0.717, 1.165) is 0 Å². The van der Waals surface area contributed by atoms with Crippen LogP contribution in [0.4, 0.5) is 22.0 Å². The molecule has 0 N–H and O–H groups in total. The van der Waals surface area contributed by atoms with Crippen LogP contribution in [0, 0.1) is 0 Å². The lowest BCUT2D eigenvalue weighted by atomic mass is 10.3. The summed E-state index contributed by atoms with van der Waals surface area (Å²) >= 11 is 0. The van der Waals surface area contributed by atoms with Crippen molar-refractivity contribution >= 4 is 19.7 Å². The molecule has 0 aliphatic heterocycles. The first-order chi connectivity index (χ1) is 8.43. The molecule has 5 nitrogen and oxygen atoms in total. The van der Waals surface area contributed by atoms with E-state index in [2.05, 4.69) is 10.2 Å². The normalized spacial score (nSPS) is 13.8. The second-order valence-corrected chi connectivity index (χ2v) is 5.93. The number of nitrogens with zero attached hydrogens (tertiary/aromatic N) is 3. The van der Waals surface area contributed by atoms with E-state index in [0.29, 0.717) is 0 Å². The quantitative estimate of drug-likeness (QED) is 0.628. The highest BCUT2D eigenvalue weighted by Gasteiger charge is 2.62. The summed E-state index contributed by atoms with van der Waals surface area (Å²) < 4.78 is 85.2. The van der Waals surface area contributed by atoms with Crippen molar-refractivity contribution < 1.29 is 30.4 Å². The predicted octanol–water partition coefficient (Wildman–Crippen LogP) is 2.27. The Morgan fingerprint density at radius 2 is 1.74 bits per heavy atom. The Bertz CT molecular complexity index is 568. The van der Waals surface area contributed by atoms with Crippen molar-refractivity contribution in [2.75, 3.05) is 0 Å². The van der Waals surface area contributed by atoms with Gasteiger partial charge in [0.2, 0.25) is 5.82 Å². The Labute approximate surface area is 108 Å². The van der Waals surface area contributed by atoms with Gasteiger partial charge in [0.15, 0.2) is 0 Å². The van der Waals surface area contributed by atoms with E-state index in [1.54, 1.807) is 0 Å². The molecule has 1 aromatic rings. The summed E-state index contributed by atoms with van der Waals surface area (Å²) in [5.41, 5.74) is 0. The van der Waals surface area contributed by atoms with Crippen molar-refractivity contribution in [3.8, 4) is 0 Å². The molecule has 0 atom stereocenters. The van der Waals surface area contributed by atoms with E-state index in [1.807, 2.05) is 0 Å². The standard InChI is InChI=1S/C7H7ClF5N3O2S/c1-2-3-16-4(6(9,10)7(11,12)13)14-15-5(16)19(8,17)18/h2-3H2,1H3. The zero-order valence-corrected chi connectivity index (χ0v) is 10.8. The minimum absolute atomic E-state index is 0.0817. The minimum atomic E-state index is -5.92. The van der Waals surface area contributed by atoms with Crippen molar-refractivity contribution in [3.05, 3.63) is 5.82 Å². The van der Waals surface area contributed by atoms with E-state index in [4.69, 9.17) is 10.7 Å². The van der Waals surface area contributed by atoms with Gasteiger partial charge in [-0.2, -0.15) is 22.0 Å². The molecule has 0 saturated carbocycles. The van der Waals surface area contributed by atoms with Crippen LogP contribution in [0.1, 0.15) is 19.2 Å². The molecule has 0 spiro atoms. The second kappa shape index (κ2) is 4.85. The SMILES string of the molecule is CCCn1c(C(F)(F)C(F)(F)F)nnc1S(=O)(=O)Cl. The maximum Gasteiger partial charge on any atom is 0.461 e. The molecule has 110 valence electrons. The van der Waals surface area contributed by atoms with Crippen molar-refractivity contribution in [1.29, 1.82) is 0 Å². The molecule has 0 bridgehead atoms. The van der Waals surface area contributed by atoms with Crippen LogP contribution in [0.2, 0.25) is 0 Å². The summed E-state index contributed by atoms with van der Waals surface area (Å²) in [5, 5.41) is 4.27. The fourth-order valence-corrected chi connectivity index (χ4v) is 2.18. The zero-order chi connectivity index (χ0) is 15.1. The number of rotatable bonds is 4. The molecule has 19 heavy (non-hydrogen) atoms. The van der Waals surface area contributed by atoms with Gasteiger partial charge < -0.3 is 0 Å². The van der Waals surface area contributed by atoms with E-state index in [-0.39, 0.29) is 11.0 Å². The van der Waals surface area contributed by atoms with Gasteiger partial charge in [0.25, 0.3) is 14.2 Å². The average molecular weight is 328 g/mol. The van der Waals surface area contributed by atoms with Gasteiger partial charge in [0, 0.05) is 17.2 Å². The van der Waals surface area contributed by atoms with Crippen LogP contribution >= 0.6 is 10.7 Å². The second-order valence-electron chi connectivity index (χ2n) is 3.47. The number of halogens is 6. The lowest BCUT2D eigenvalue weighted by molar-refractivity contribution is -0.293. The molecule has 0 aromatic carbocycles. The molecule has 1 heterocycles. The van der Waals surface area contributed by atoms with Crippen LogP contribution < -0.4 is 0 Å². The Morgan fingerprint density at radius 3 is 2.11 bits per heavy atom. The maximum atomic E-state index is 13.2. The van der Waals surface area contributed by atoms with Crippen LogP contribution in [0.25, 0.3) is 0 Å². The van der Waals surface area contributed by atoms with Crippen molar-refractivity contribution in [3.63, 3.8) is 0 Å². The topological polar surface area (TPSA) is 64.8 Å². The van der Waals surface area contributed by atoms with Crippen molar-refractivity contribution in [1.82, 2.24) is 14.8 Å². The molecule has 0 fully saturated rings. The monoisotopic (exact) mass is 327 g/mol. The van der Waals surface area contributed by atoms with Gasteiger partial charge in [-0.05, 0) is 6.42 Å². The van der Waals surface area contributed by atoms with Gasteiger partial charge in [-0.1, -0.05) is 6.92 Å². The number of hydrogen-bond acceptors (Lipinski definition) is 4. The van der Waals surface area contributed by atoms with Crippen LogP contribution in [-0.2, 0) is 21.5 Å². The summed E-state index contributed by atoms with van der Waals surface area (Å²) in [4.78, 5) is 0. The number of aromatic nitrogens is 3. The van der Waals surface area contributed by atoms with E-state index < -0.39 is 38.7 Å². The molecule has 0 unspecified atom stereocenters. The first-order valence-corrected chi connectivity index (χ1v) is 7.06. The molecular formula is C7H7ClF5N3O2S. The predicted molar refractivity (Wildman–Crippen MR) is 53.3 cm³/mol. The third-order valence-electron chi connectivity index (χ3n) is 2.02. The van der Waals surface area contributed by atoms with Crippen molar-refractivity contribution in [2.45, 2.75) is 37.1 Å². The van der Waals surface area contributed by atoms with E-state index in [1.165, 1.54) is 6.92 Å². The largest absolute Gasteiger partial charge is 0.461 e. The lowest BCUT2D eigenvalue weighted by Crippen LogP contribution is -2.36.